The predicted molar refractivity (Wildman–Crippen MR) is 77.2 cm³/mol. The van der Waals surface area contributed by atoms with E-state index in [1.54, 1.807) is 0 Å². The smallest absolute Gasteiger partial charge is 0.236 e. The van der Waals surface area contributed by atoms with E-state index in [2.05, 4.69) is 29.2 Å². The van der Waals surface area contributed by atoms with Crippen molar-refractivity contribution in [2.24, 2.45) is 0 Å². The van der Waals surface area contributed by atoms with Crippen LogP contribution in [-0.2, 0) is 4.79 Å². The fourth-order valence-electron chi connectivity index (χ4n) is 2.91. The number of carbonyl (C=O) groups excluding carboxylic acids is 1. The zero-order valence-corrected chi connectivity index (χ0v) is 12.4. The molecule has 0 radical (unpaired) electrons. The van der Waals surface area contributed by atoms with Crippen molar-refractivity contribution in [1.29, 1.82) is 0 Å². The largest absolute Gasteiger partial charge is 0.339 e. The van der Waals surface area contributed by atoms with E-state index in [9.17, 15) is 4.79 Å². The Bertz CT molecular complexity index is 283. The molecule has 19 heavy (non-hydrogen) atoms. The standard InChI is InChI=1S/C14H28N4O/c1-16-7-9-18(10-8-16)14(19)12-17(2)11-13-5-3-4-6-15-13/h13,15H,3-12H2,1-2H3. The van der Waals surface area contributed by atoms with Crippen LogP contribution in [0.4, 0.5) is 0 Å². The summed E-state index contributed by atoms with van der Waals surface area (Å²) in [6, 6.07) is 0.569. The van der Waals surface area contributed by atoms with Gasteiger partial charge in [-0.15, -0.1) is 0 Å². The Labute approximate surface area is 116 Å². The summed E-state index contributed by atoms with van der Waals surface area (Å²) in [6.45, 7) is 6.43. The van der Waals surface area contributed by atoms with Crippen molar-refractivity contribution < 1.29 is 4.79 Å². The number of nitrogens with one attached hydrogen (secondary N) is 1. The molecular weight excluding hydrogens is 240 g/mol. The Balaban J connectivity index is 1.69. The first kappa shape index (κ1) is 14.8. The van der Waals surface area contributed by atoms with Gasteiger partial charge >= 0.3 is 0 Å². The van der Waals surface area contributed by atoms with Crippen LogP contribution < -0.4 is 5.32 Å². The second-order valence-corrected chi connectivity index (χ2v) is 6.03. The summed E-state index contributed by atoms with van der Waals surface area (Å²) >= 11 is 0. The molecule has 0 spiro atoms. The maximum absolute atomic E-state index is 12.2. The highest BCUT2D eigenvalue weighted by Gasteiger charge is 2.21. The minimum absolute atomic E-state index is 0.284. The molecule has 5 nitrogen and oxygen atoms in total. The van der Waals surface area contributed by atoms with Crippen molar-refractivity contribution in [1.82, 2.24) is 20.0 Å². The van der Waals surface area contributed by atoms with Crippen molar-refractivity contribution in [3.8, 4) is 0 Å². The molecule has 2 saturated heterocycles. The SMILES string of the molecule is CN1CCN(C(=O)CN(C)CC2CCCCN2)CC1. The van der Waals surface area contributed by atoms with Gasteiger partial charge in [0.1, 0.15) is 0 Å². The molecule has 0 aromatic rings. The highest BCUT2D eigenvalue weighted by Crippen LogP contribution is 2.08. The van der Waals surface area contributed by atoms with Gasteiger partial charge < -0.3 is 15.1 Å². The maximum atomic E-state index is 12.2. The Hall–Kier alpha value is -0.650. The van der Waals surface area contributed by atoms with Gasteiger partial charge in [0.25, 0.3) is 0 Å². The van der Waals surface area contributed by atoms with Gasteiger partial charge in [-0.3, -0.25) is 9.69 Å². The van der Waals surface area contributed by atoms with E-state index in [1.165, 1.54) is 19.3 Å². The van der Waals surface area contributed by atoms with Crippen molar-refractivity contribution in [3.63, 3.8) is 0 Å². The summed E-state index contributed by atoms with van der Waals surface area (Å²) in [5.41, 5.74) is 0. The van der Waals surface area contributed by atoms with E-state index in [0.29, 0.717) is 12.6 Å². The van der Waals surface area contributed by atoms with Gasteiger partial charge in [0.05, 0.1) is 6.54 Å². The van der Waals surface area contributed by atoms with E-state index in [-0.39, 0.29) is 5.91 Å². The molecule has 0 aliphatic carbocycles. The molecule has 0 saturated carbocycles. The fourth-order valence-corrected chi connectivity index (χ4v) is 2.91. The van der Waals surface area contributed by atoms with Gasteiger partial charge in [-0.2, -0.15) is 0 Å². The average Bonchev–Trinajstić information content (AvgIpc) is 2.40. The Morgan fingerprint density at radius 1 is 1.26 bits per heavy atom. The number of nitrogens with zero attached hydrogens (tertiary/aromatic N) is 3. The molecule has 2 rings (SSSR count). The predicted octanol–water partition coefficient (Wildman–Crippen LogP) is -0.166. The first-order valence-electron chi connectivity index (χ1n) is 7.53. The number of rotatable bonds is 4. The summed E-state index contributed by atoms with van der Waals surface area (Å²) in [4.78, 5) is 18.7. The van der Waals surface area contributed by atoms with E-state index in [4.69, 9.17) is 0 Å². The van der Waals surface area contributed by atoms with Crippen LogP contribution in [0.25, 0.3) is 0 Å². The lowest BCUT2D eigenvalue weighted by Crippen LogP contribution is -2.51. The molecule has 5 heteroatoms. The monoisotopic (exact) mass is 268 g/mol. The van der Waals surface area contributed by atoms with Crippen LogP contribution in [0.1, 0.15) is 19.3 Å². The van der Waals surface area contributed by atoms with Crippen molar-refractivity contribution in [2.75, 3.05) is 59.9 Å². The van der Waals surface area contributed by atoms with Crippen LogP contribution in [0.15, 0.2) is 0 Å². The average molecular weight is 268 g/mol. The van der Waals surface area contributed by atoms with Gasteiger partial charge in [-0.1, -0.05) is 6.42 Å². The number of amides is 1. The lowest BCUT2D eigenvalue weighted by Gasteiger charge is -2.34. The van der Waals surface area contributed by atoms with E-state index in [0.717, 1.165) is 39.3 Å². The second kappa shape index (κ2) is 7.22. The molecule has 0 aromatic carbocycles. The van der Waals surface area contributed by atoms with Gasteiger partial charge in [-0.05, 0) is 33.5 Å². The van der Waals surface area contributed by atoms with Crippen molar-refractivity contribution in [3.05, 3.63) is 0 Å². The third-order valence-electron chi connectivity index (χ3n) is 4.21. The van der Waals surface area contributed by atoms with E-state index >= 15 is 0 Å². The minimum atomic E-state index is 0.284. The Morgan fingerprint density at radius 3 is 2.63 bits per heavy atom. The van der Waals surface area contributed by atoms with Crippen molar-refractivity contribution >= 4 is 5.91 Å². The van der Waals surface area contributed by atoms with Crippen LogP contribution >= 0.6 is 0 Å². The first-order chi connectivity index (χ1) is 9.15. The molecular formula is C14H28N4O. The summed E-state index contributed by atoms with van der Waals surface area (Å²) in [5, 5.41) is 3.54. The van der Waals surface area contributed by atoms with Crippen LogP contribution in [0.3, 0.4) is 0 Å². The summed E-state index contributed by atoms with van der Waals surface area (Å²) in [6.07, 6.45) is 3.85. The van der Waals surface area contributed by atoms with E-state index < -0.39 is 0 Å². The van der Waals surface area contributed by atoms with Crippen LogP contribution in [0.5, 0.6) is 0 Å². The number of piperidine rings is 1. The van der Waals surface area contributed by atoms with Crippen LogP contribution in [-0.4, -0.2) is 86.6 Å². The van der Waals surface area contributed by atoms with Gasteiger partial charge in [0.15, 0.2) is 0 Å². The molecule has 2 aliphatic rings. The summed E-state index contributed by atoms with van der Waals surface area (Å²) in [5.74, 6) is 0.284. The maximum Gasteiger partial charge on any atom is 0.236 e. The molecule has 2 fully saturated rings. The lowest BCUT2D eigenvalue weighted by atomic mass is 10.0. The fraction of sp³-hybridized carbons (Fsp3) is 0.929. The third-order valence-corrected chi connectivity index (χ3v) is 4.21. The molecule has 0 aromatic heterocycles. The van der Waals surface area contributed by atoms with Crippen LogP contribution in [0.2, 0.25) is 0 Å². The number of hydrogen-bond donors (Lipinski definition) is 1. The normalized spacial score (nSPS) is 25.8. The quantitative estimate of drug-likeness (QED) is 0.769. The number of hydrogen-bond acceptors (Lipinski definition) is 4. The van der Waals surface area contributed by atoms with Gasteiger partial charge in [-0.25, -0.2) is 0 Å². The molecule has 1 atom stereocenters. The molecule has 0 bridgehead atoms. The molecule has 1 N–H and O–H groups in total. The number of likely N-dealkylation sites (N-methyl/N-ethyl adjacent to an activating group) is 2. The molecule has 1 amide bonds. The Kier molecular flexibility index (Phi) is 5.60. The molecule has 2 heterocycles. The first-order valence-corrected chi connectivity index (χ1v) is 7.53. The number of piperazine rings is 1. The minimum Gasteiger partial charge on any atom is -0.339 e. The van der Waals surface area contributed by atoms with Crippen LogP contribution in [0, 0.1) is 0 Å². The molecule has 2 aliphatic heterocycles. The summed E-state index contributed by atoms with van der Waals surface area (Å²) in [7, 11) is 4.17. The van der Waals surface area contributed by atoms with Crippen molar-refractivity contribution in [2.45, 2.75) is 25.3 Å². The molecule has 1 unspecified atom stereocenters. The lowest BCUT2D eigenvalue weighted by molar-refractivity contribution is -0.133. The zero-order chi connectivity index (χ0) is 13.7. The second-order valence-electron chi connectivity index (χ2n) is 6.03. The third kappa shape index (κ3) is 4.75. The zero-order valence-electron chi connectivity index (χ0n) is 12.4. The molecule has 110 valence electrons. The summed E-state index contributed by atoms with van der Waals surface area (Å²) < 4.78 is 0. The highest BCUT2D eigenvalue weighted by atomic mass is 16.2. The number of carbonyl (C=O) groups is 1. The van der Waals surface area contributed by atoms with Gasteiger partial charge in [0.2, 0.25) is 5.91 Å². The van der Waals surface area contributed by atoms with E-state index in [1.807, 2.05) is 4.90 Å². The Morgan fingerprint density at radius 2 is 2.00 bits per heavy atom. The van der Waals surface area contributed by atoms with Gasteiger partial charge in [0, 0.05) is 38.8 Å². The topological polar surface area (TPSA) is 38.8 Å². The highest BCUT2D eigenvalue weighted by molar-refractivity contribution is 5.78.